The Bertz CT molecular complexity index is 1980. The minimum Gasteiger partial charge on any atom is -0.394 e. The Morgan fingerprint density at radius 3 is 1.36 bits per heavy atom. The summed E-state index contributed by atoms with van der Waals surface area (Å²) in [6.45, 7) is 1.73. The van der Waals surface area contributed by atoms with Crippen LogP contribution in [0, 0.1) is 0 Å². The molecule has 5 aromatic rings. The summed E-state index contributed by atoms with van der Waals surface area (Å²) in [5.41, 5.74) is 10.5. The quantitative estimate of drug-likeness (QED) is 0.0525. The number of rotatable bonds is 25. The van der Waals surface area contributed by atoms with E-state index >= 15 is 0 Å². The third kappa shape index (κ3) is 14.1. The number of hydrogen-bond donors (Lipinski definition) is 3. The normalized spacial score (nSPS) is 25.9. The van der Waals surface area contributed by atoms with Crippen molar-refractivity contribution in [2.75, 3.05) is 26.4 Å². The van der Waals surface area contributed by atoms with E-state index < -0.39 is 68.0 Å². The van der Waals surface area contributed by atoms with Crippen molar-refractivity contribution in [1.29, 1.82) is 0 Å². The maximum absolute atomic E-state index is 12.2. The van der Waals surface area contributed by atoms with Gasteiger partial charge >= 0.3 is 0 Å². The van der Waals surface area contributed by atoms with Crippen LogP contribution in [0.3, 0.4) is 0 Å². The second-order valence-corrected chi connectivity index (χ2v) is 16.1. The molecule has 12 heteroatoms. The molecule has 12 nitrogen and oxygen atoms in total. The number of aliphatic hydroxyl groups is 2. The van der Waals surface area contributed by atoms with Crippen molar-refractivity contribution in [3.8, 4) is 0 Å². The molecule has 64 heavy (non-hydrogen) atoms. The van der Waals surface area contributed by atoms with Crippen molar-refractivity contribution in [2.24, 2.45) is 5.73 Å². The summed E-state index contributed by atoms with van der Waals surface area (Å²) in [7, 11) is 0. The first-order chi connectivity index (χ1) is 31.6. The largest absolute Gasteiger partial charge is 0.394 e. The van der Waals surface area contributed by atoms with Crippen LogP contribution in [0.15, 0.2) is 152 Å². The van der Waals surface area contributed by atoms with Crippen LogP contribution in [-0.4, -0.2) is 98.0 Å². The minimum atomic E-state index is -1.28. The van der Waals surface area contributed by atoms with Crippen molar-refractivity contribution < 1.29 is 52.8 Å². The molecule has 342 valence electrons. The van der Waals surface area contributed by atoms with Gasteiger partial charge in [-0.3, -0.25) is 0 Å². The van der Waals surface area contributed by atoms with Crippen LogP contribution in [0.5, 0.6) is 0 Å². The highest BCUT2D eigenvalue weighted by molar-refractivity contribution is 5.17. The molecule has 2 saturated heterocycles. The summed E-state index contributed by atoms with van der Waals surface area (Å²) in [6.07, 6.45) is -7.20. The fourth-order valence-corrected chi connectivity index (χ4v) is 7.92. The van der Waals surface area contributed by atoms with Crippen LogP contribution >= 0.6 is 0 Å². The van der Waals surface area contributed by atoms with Crippen molar-refractivity contribution in [2.45, 2.75) is 114 Å². The molecule has 0 radical (unpaired) electrons. The third-order valence-electron chi connectivity index (χ3n) is 11.3. The predicted octanol–water partition coefficient (Wildman–Crippen LogP) is 6.88. The lowest BCUT2D eigenvalue weighted by atomic mass is 9.96. The number of benzene rings is 5. The molecule has 2 aliphatic heterocycles. The second-order valence-electron chi connectivity index (χ2n) is 16.1. The molecular formula is C52H63NO11. The summed E-state index contributed by atoms with van der Waals surface area (Å²) in [6, 6.07) is 49.0. The highest BCUT2D eigenvalue weighted by Gasteiger charge is 2.54. The fraction of sp³-hybridized carbons (Fsp3) is 0.423. The molecule has 10 atom stereocenters. The van der Waals surface area contributed by atoms with Crippen molar-refractivity contribution in [3.05, 3.63) is 179 Å². The van der Waals surface area contributed by atoms with E-state index in [1.54, 1.807) is 0 Å². The van der Waals surface area contributed by atoms with Gasteiger partial charge in [0.2, 0.25) is 0 Å². The Kier molecular flexibility index (Phi) is 19.3. The number of unbranched alkanes of at least 4 members (excludes halogenated alkanes) is 2. The molecule has 0 saturated carbocycles. The Hall–Kier alpha value is -4.38. The summed E-state index contributed by atoms with van der Waals surface area (Å²) in [4.78, 5) is 0. The van der Waals surface area contributed by atoms with Gasteiger partial charge in [-0.15, -0.1) is 0 Å². The summed E-state index contributed by atoms with van der Waals surface area (Å²) >= 11 is 0. The molecule has 2 aliphatic rings. The fourth-order valence-electron chi connectivity index (χ4n) is 7.92. The molecule has 0 spiro atoms. The Morgan fingerprint density at radius 2 is 0.875 bits per heavy atom. The first kappa shape index (κ1) is 47.6. The smallest absolute Gasteiger partial charge is 0.187 e. The zero-order valence-electron chi connectivity index (χ0n) is 36.3. The predicted molar refractivity (Wildman–Crippen MR) is 240 cm³/mol. The van der Waals surface area contributed by atoms with Crippen LogP contribution in [0.1, 0.15) is 47.1 Å². The van der Waals surface area contributed by atoms with E-state index in [0.717, 1.165) is 47.1 Å². The molecule has 2 fully saturated rings. The minimum absolute atomic E-state index is 0.0836. The Balaban J connectivity index is 1.23. The Labute approximate surface area is 377 Å². The van der Waals surface area contributed by atoms with Crippen LogP contribution in [-0.2, 0) is 75.7 Å². The first-order valence-electron chi connectivity index (χ1n) is 22.4. The van der Waals surface area contributed by atoms with E-state index in [-0.39, 0.29) is 33.0 Å². The zero-order chi connectivity index (χ0) is 44.2. The average molecular weight is 878 g/mol. The van der Waals surface area contributed by atoms with Crippen LogP contribution < -0.4 is 5.73 Å². The monoisotopic (exact) mass is 877 g/mol. The van der Waals surface area contributed by atoms with Gasteiger partial charge in [0.25, 0.3) is 0 Å². The third-order valence-corrected chi connectivity index (χ3v) is 11.3. The van der Waals surface area contributed by atoms with Crippen LogP contribution in [0.2, 0.25) is 0 Å². The van der Waals surface area contributed by atoms with Gasteiger partial charge in [0.1, 0.15) is 48.8 Å². The molecule has 2 heterocycles. The molecule has 5 aromatic carbocycles. The van der Waals surface area contributed by atoms with Gasteiger partial charge in [-0.2, -0.15) is 0 Å². The van der Waals surface area contributed by atoms with Crippen molar-refractivity contribution in [1.82, 2.24) is 0 Å². The maximum Gasteiger partial charge on any atom is 0.187 e. The molecule has 4 N–H and O–H groups in total. The molecule has 0 unspecified atom stereocenters. The highest BCUT2D eigenvalue weighted by Crippen LogP contribution is 2.36. The van der Waals surface area contributed by atoms with Gasteiger partial charge in [0.15, 0.2) is 12.6 Å². The number of nitrogens with two attached hydrogens (primary N) is 1. The molecule has 0 amide bonds. The van der Waals surface area contributed by atoms with Crippen LogP contribution in [0.25, 0.3) is 0 Å². The van der Waals surface area contributed by atoms with E-state index in [9.17, 15) is 10.2 Å². The summed E-state index contributed by atoms with van der Waals surface area (Å²) in [5.74, 6) is 0. The van der Waals surface area contributed by atoms with Crippen molar-refractivity contribution in [3.63, 3.8) is 0 Å². The lowest BCUT2D eigenvalue weighted by Crippen LogP contribution is -2.66. The van der Waals surface area contributed by atoms with Gasteiger partial charge in [-0.1, -0.05) is 152 Å². The topological polar surface area (TPSA) is 150 Å². The number of ether oxygens (including phenoxy) is 9. The van der Waals surface area contributed by atoms with Gasteiger partial charge in [-0.25, -0.2) is 0 Å². The van der Waals surface area contributed by atoms with Gasteiger partial charge in [-0.05, 0) is 53.6 Å². The lowest BCUT2D eigenvalue weighted by molar-refractivity contribution is -0.374. The second kappa shape index (κ2) is 25.9. The van der Waals surface area contributed by atoms with E-state index in [2.05, 4.69) is 0 Å². The van der Waals surface area contributed by atoms with Crippen LogP contribution in [0.4, 0.5) is 0 Å². The summed E-state index contributed by atoms with van der Waals surface area (Å²) < 4.78 is 60.1. The van der Waals surface area contributed by atoms with E-state index in [0.29, 0.717) is 19.8 Å². The SMILES string of the molecule is NCCCCCO[C@@H]1O[C@H](COCc2ccccc2)[C@@H](O[C@@H]2O[C@H](CO)[C@H](OCc3ccccc3)[C@H](O)[C@H]2OCc2ccccc2)[C@H](OCc2ccccc2)[C@H]1OCc1ccccc1. The average Bonchev–Trinajstić information content (AvgIpc) is 3.34. The number of aliphatic hydroxyl groups excluding tert-OH is 2. The lowest BCUT2D eigenvalue weighted by Gasteiger charge is -2.49. The Morgan fingerprint density at radius 1 is 0.438 bits per heavy atom. The van der Waals surface area contributed by atoms with Crippen molar-refractivity contribution >= 4 is 0 Å². The van der Waals surface area contributed by atoms with Gasteiger partial charge < -0.3 is 58.6 Å². The summed E-state index contributed by atoms with van der Waals surface area (Å²) in [5, 5.41) is 23.0. The highest BCUT2D eigenvalue weighted by atomic mass is 16.8. The molecular weight excluding hydrogens is 815 g/mol. The van der Waals surface area contributed by atoms with Gasteiger partial charge in [0.05, 0.1) is 46.2 Å². The van der Waals surface area contributed by atoms with E-state index in [4.69, 9.17) is 48.4 Å². The maximum atomic E-state index is 12.2. The zero-order valence-corrected chi connectivity index (χ0v) is 36.3. The molecule has 0 bridgehead atoms. The standard InChI is InChI=1S/C52H63NO11/c53-29-17-6-18-30-57-51-50(61-36-42-27-15-5-16-28-42)49(60-35-41-25-13-4-14-26-41)47(44(63-51)37-56-32-38-19-7-1-8-20-38)64-52-48(59-34-40-23-11-3-12-24-40)45(55)46(43(31-54)62-52)58-33-39-21-9-2-10-22-39/h1-5,7-16,19-28,43-52,54-55H,6,17-18,29-37,53H2/t43-,44-,45+,46+,47-,48-,49+,50-,51-,52+/m1/s1. The van der Waals surface area contributed by atoms with Gasteiger partial charge in [0, 0.05) is 6.61 Å². The number of hydrogen-bond acceptors (Lipinski definition) is 12. The molecule has 0 aliphatic carbocycles. The molecule has 0 aromatic heterocycles. The molecule has 7 rings (SSSR count). The van der Waals surface area contributed by atoms with E-state index in [1.807, 2.05) is 152 Å². The first-order valence-corrected chi connectivity index (χ1v) is 22.4. The van der Waals surface area contributed by atoms with E-state index in [1.165, 1.54) is 0 Å².